The van der Waals surface area contributed by atoms with Gasteiger partial charge < -0.3 is 14.5 Å². The summed E-state index contributed by atoms with van der Waals surface area (Å²) in [6.45, 7) is 11.7. The summed E-state index contributed by atoms with van der Waals surface area (Å²) < 4.78 is 6.15. The number of rotatable bonds is 42. The summed E-state index contributed by atoms with van der Waals surface area (Å²) in [6.07, 6.45) is 45.8. The fraction of sp³-hybridized carbons (Fsp3) is 0.978. The van der Waals surface area contributed by atoms with Gasteiger partial charge in [0.1, 0.15) is 6.10 Å². The molecule has 0 spiro atoms. The number of carbonyl (C=O) groups excluding carboxylic acids is 1. The standard InChI is InChI=1S/C46H94N2O2/c1-6-9-12-15-18-20-22-24-28-33-38-45(39-34-29-25-23-21-19-16-13-10-7-2)50-46(49)40-35-30-27-32-37-42-48(44-43-47(4)5)41-36-31-26-17-14-11-8-3/h45H,6-44H2,1-5H3. The normalized spacial score (nSPS) is 11.8. The van der Waals surface area contributed by atoms with Crippen LogP contribution in [0.15, 0.2) is 0 Å². The largest absolute Gasteiger partial charge is 0.462 e. The van der Waals surface area contributed by atoms with Crippen molar-refractivity contribution < 1.29 is 9.53 Å². The predicted molar refractivity (Wildman–Crippen MR) is 223 cm³/mol. The Kier molecular flexibility index (Phi) is 40.6. The van der Waals surface area contributed by atoms with E-state index in [1.54, 1.807) is 0 Å². The number of carbonyl (C=O) groups is 1. The first-order valence-electron chi connectivity index (χ1n) is 23.1. The molecule has 4 nitrogen and oxygen atoms in total. The molecule has 0 aliphatic heterocycles. The summed E-state index contributed by atoms with van der Waals surface area (Å²) in [7, 11) is 4.38. The molecule has 0 saturated heterocycles. The van der Waals surface area contributed by atoms with Crippen LogP contribution in [0.2, 0.25) is 0 Å². The Balaban J connectivity index is 4.29. The van der Waals surface area contributed by atoms with Gasteiger partial charge in [-0.3, -0.25) is 4.79 Å². The van der Waals surface area contributed by atoms with Crippen LogP contribution in [0.5, 0.6) is 0 Å². The van der Waals surface area contributed by atoms with Crippen molar-refractivity contribution in [3.63, 3.8) is 0 Å². The third kappa shape index (κ3) is 38.6. The molecular weight excluding hydrogens is 613 g/mol. The SMILES string of the molecule is CCCCCCCCCCCCC(CCCCCCCCCCCC)OC(=O)CCCCCCCN(CCCCCCCCC)CCN(C)C. The summed E-state index contributed by atoms with van der Waals surface area (Å²) >= 11 is 0. The molecule has 0 aliphatic rings. The number of likely N-dealkylation sites (N-methyl/N-ethyl adjacent to an activating group) is 1. The molecule has 0 fully saturated rings. The topological polar surface area (TPSA) is 32.8 Å². The lowest BCUT2D eigenvalue weighted by Crippen LogP contribution is -2.33. The minimum absolute atomic E-state index is 0.0683. The fourth-order valence-corrected chi connectivity index (χ4v) is 7.33. The number of hydrogen-bond donors (Lipinski definition) is 0. The molecule has 0 amide bonds. The maximum Gasteiger partial charge on any atom is 0.306 e. The van der Waals surface area contributed by atoms with Crippen LogP contribution in [0.1, 0.15) is 245 Å². The highest BCUT2D eigenvalue weighted by molar-refractivity contribution is 5.69. The maximum absolute atomic E-state index is 12.9. The third-order valence-corrected chi connectivity index (χ3v) is 10.9. The van der Waals surface area contributed by atoms with Crippen LogP contribution in [0.4, 0.5) is 0 Å². The predicted octanol–water partition coefficient (Wildman–Crippen LogP) is 14.5. The fourth-order valence-electron chi connectivity index (χ4n) is 7.33. The van der Waals surface area contributed by atoms with Crippen molar-refractivity contribution in [2.24, 2.45) is 0 Å². The highest BCUT2D eigenvalue weighted by Crippen LogP contribution is 2.19. The van der Waals surface area contributed by atoms with Gasteiger partial charge in [-0.15, -0.1) is 0 Å². The average Bonchev–Trinajstić information content (AvgIpc) is 3.10. The number of nitrogens with zero attached hydrogens (tertiary/aromatic N) is 2. The number of esters is 1. The van der Waals surface area contributed by atoms with Crippen molar-refractivity contribution in [1.29, 1.82) is 0 Å². The second-order valence-corrected chi connectivity index (χ2v) is 16.3. The van der Waals surface area contributed by atoms with Gasteiger partial charge in [-0.2, -0.15) is 0 Å². The van der Waals surface area contributed by atoms with Crippen LogP contribution in [-0.2, 0) is 9.53 Å². The van der Waals surface area contributed by atoms with Gasteiger partial charge in [-0.25, -0.2) is 0 Å². The first kappa shape index (κ1) is 49.4. The van der Waals surface area contributed by atoms with E-state index < -0.39 is 0 Å². The Morgan fingerprint density at radius 1 is 0.400 bits per heavy atom. The van der Waals surface area contributed by atoms with E-state index in [4.69, 9.17) is 4.74 Å². The quantitative estimate of drug-likeness (QED) is 0.0467. The zero-order valence-electron chi connectivity index (χ0n) is 35.4. The Bertz CT molecular complexity index is 630. The summed E-state index contributed by atoms with van der Waals surface area (Å²) in [5.74, 6) is 0.0683. The van der Waals surface area contributed by atoms with Crippen molar-refractivity contribution in [2.45, 2.75) is 252 Å². The van der Waals surface area contributed by atoms with Gasteiger partial charge in [0.15, 0.2) is 0 Å². The van der Waals surface area contributed by atoms with E-state index in [0.29, 0.717) is 6.42 Å². The van der Waals surface area contributed by atoms with E-state index in [-0.39, 0.29) is 12.1 Å². The number of ether oxygens (including phenoxy) is 1. The van der Waals surface area contributed by atoms with Crippen LogP contribution in [-0.4, -0.2) is 62.1 Å². The minimum Gasteiger partial charge on any atom is -0.462 e. The second kappa shape index (κ2) is 41.2. The van der Waals surface area contributed by atoms with Crippen molar-refractivity contribution >= 4 is 5.97 Å². The molecule has 4 heteroatoms. The van der Waals surface area contributed by atoms with Crippen LogP contribution >= 0.6 is 0 Å². The van der Waals surface area contributed by atoms with Gasteiger partial charge in [0, 0.05) is 19.5 Å². The van der Waals surface area contributed by atoms with Gasteiger partial charge in [-0.05, 0) is 72.1 Å². The van der Waals surface area contributed by atoms with E-state index in [2.05, 4.69) is 44.7 Å². The van der Waals surface area contributed by atoms with E-state index in [1.165, 1.54) is 212 Å². The Hall–Kier alpha value is -0.610. The molecule has 0 bridgehead atoms. The van der Waals surface area contributed by atoms with E-state index >= 15 is 0 Å². The van der Waals surface area contributed by atoms with Gasteiger partial charge >= 0.3 is 5.97 Å². The molecule has 50 heavy (non-hydrogen) atoms. The molecule has 0 unspecified atom stereocenters. The molecule has 0 radical (unpaired) electrons. The first-order valence-corrected chi connectivity index (χ1v) is 23.1. The van der Waals surface area contributed by atoms with Gasteiger partial charge in [0.05, 0.1) is 0 Å². The van der Waals surface area contributed by atoms with Gasteiger partial charge in [-0.1, -0.05) is 194 Å². The lowest BCUT2D eigenvalue weighted by molar-refractivity contribution is -0.150. The van der Waals surface area contributed by atoms with Crippen LogP contribution < -0.4 is 0 Å². The molecular formula is C46H94N2O2. The maximum atomic E-state index is 12.9. The van der Waals surface area contributed by atoms with Crippen LogP contribution in [0.3, 0.4) is 0 Å². The molecule has 0 aromatic rings. The van der Waals surface area contributed by atoms with Crippen LogP contribution in [0.25, 0.3) is 0 Å². The highest BCUT2D eigenvalue weighted by Gasteiger charge is 2.14. The van der Waals surface area contributed by atoms with Gasteiger partial charge in [0.25, 0.3) is 0 Å². The molecule has 0 aromatic carbocycles. The zero-order chi connectivity index (χ0) is 36.6. The summed E-state index contributed by atoms with van der Waals surface area (Å²) in [5, 5.41) is 0. The lowest BCUT2D eigenvalue weighted by atomic mass is 10.0. The minimum atomic E-state index is 0.0683. The van der Waals surface area contributed by atoms with Crippen molar-refractivity contribution in [3.05, 3.63) is 0 Å². The highest BCUT2D eigenvalue weighted by atomic mass is 16.5. The zero-order valence-corrected chi connectivity index (χ0v) is 35.4. The van der Waals surface area contributed by atoms with Crippen molar-refractivity contribution in [2.75, 3.05) is 40.3 Å². The molecule has 0 N–H and O–H groups in total. The number of hydrogen-bond acceptors (Lipinski definition) is 4. The van der Waals surface area contributed by atoms with E-state index in [9.17, 15) is 4.79 Å². The molecule has 0 rings (SSSR count). The first-order chi connectivity index (χ1) is 24.5. The van der Waals surface area contributed by atoms with E-state index in [1.807, 2.05) is 0 Å². The Morgan fingerprint density at radius 3 is 1.08 bits per heavy atom. The molecule has 0 atom stereocenters. The smallest absolute Gasteiger partial charge is 0.306 e. The van der Waals surface area contributed by atoms with Crippen LogP contribution in [0, 0.1) is 0 Å². The summed E-state index contributed by atoms with van der Waals surface area (Å²) in [5.41, 5.74) is 0. The molecule has 0 saturated carbocycles. The van der Waals surface area contributed by atoms with Crippen molar-refractivity contribution in [1.82, 2.24) is 9.80 Å². The Morgan fingerprint density at radius 2 is 0.720 bits per heavy atom. The molecule has 300 valence electrons. The third-order valence-electron chi connectivity index (χ3n) is 10.9. The monoisotopic (exact) mass is 707 g/mol. The van der Waals surface area contributed by atoms with Crippen molar-refractivity contribution in [3.8, 4) is 0 Å². The summed E-state index contributed by atoms with van der Waals surface area (Å²) in [4.78, 5) is 17.9. The summed E-state index contributed by atoms with van der Waals surface area (Å²) in [6, 6.07) is 0. The molecule has 0 aliphatic carbocycles. The van der Waals surface area contributed by atoms with E-state index in [0.717, 1.165) is 32.2 Å². The Labute approximate surface area is 316 Å². The van der Waals surface area contributed by atoms with Gasteiger partial charge in [0.2, 0.25) is 0 Å². The molecule has 0 aromatic heterocycles. The average molecular weight is 707 g/mol. The lowest BCUT2D eigenvalue weighted by Gasteiger charge is -2.24. The molecule has 0 heterocycles. The second-order valence-electron chi connectivity index (χ2n) is 16.3. The number of unbranched alkanes of at least 4 members (excludes halogenated alkanes) is 28.